The maximum atomic E-state index is 8.71. The highest BCUT2D eigenvalue weighted by atomic mass is 15.3. The van der Waals surface area contributed by atoms with Crippen LogP contribution in [0.15, 0.2) is 12.1 Å². The zero-order valence-corrected chi connectivity index (χ0v) is 11.3. The van der Waals surface area contributed by atoms with E-state index in [1.165, 1.54) is 6.42 Å². The molecule has 1 aromatic rings. The Kier molecular flexibility index (Phi) is 3.81. The number of rotatable bonds is 2. The Balaban J connectivity index is 2.05. The molecule has 0 aliphatic carbocycles. The molecular weight excluding hydrogens is 224 g/mol. The number of anilines is 1. The fourth-order valence-electron chi connectivity index (χ4n) is 2.92. The first-order valence-electron chi connectivity index (χ1n) is 6.60. The van der Waals surface area contributed by atoms with Crippen LogP contribution in [0.25, 0.3) is 0 Å². The molecule has 0 aromatic carbocycles. The van der Waals surface area contributed by atoms with Crippen molar-refractivity contribution in [1.29, 1.82) is 5.26 Å². The summed E-state index contributed by atoms with van der Waals surface area (Å²) in [6, 6.07) is 5.63. The van der Waals surface area contributed by atoms with Gasteiger partial charge in [-0.2, -0.15) is 5.26 Å². The quantitative estimate of drug-likeness (QED) is 0.802. The van der Waals surface area contributed by atoms with Crippen LogP contribution in [-0.4, -0.2) is 23.3 Å². The van der Waals surface area contributed by atoms with Crippen molar-refractivity contribution in [3.05, 3.63) is 17.8 Å². The molecular formula is C14H20N4. The molecule has 0 bridgehead atoms. The molecule has 4 nitrogen and oxygen atoms in total. The van der Waals surface area contributed by atoms with Gasteiger partial charge < -0.3 is 4.90 Å². The second-order valence-corrected chi connectivity index (χ2v) is 5.51. The number of hydrogen-bond acceptors (Lipinski definition) is 4. The van der Waals surface area contributed by atoms with Gasteiger partial charge in [0.15, 0.2) is 11.5 Å². The molecule has 0 amide bonds. The minimum absolute atomic E-state index is 0.379. The first-order chi connectivity index (χ1) is 8.61. The van der Waals surface area contributed by atoms with Crippen molar-refractivity contribution in [3.63, 3.8) is 0 Å². The molecule has 2 atom stereocenters. The summed E-state index contributed by atoms with van der Waals surface area (Å²) in [7, 11) is 0. The number of hydrogen-bond donors (Lipinski definition) is 0. The van der Waals surface area contributed by atoms with E-state index in [4.69, 9.17) is 5.26 Å². The molecule has 1 aromatic heterocycles. The normalized spacial score (nSPS) is 24.1. The molecule has 96 valence electrons. The number of aromatic nitrogens is 2. The van der Waals surface area contributed by atoms with E-state index in [2.05, 4.69) is 35.9 Å². The van der Waals surface area contributed by atoms with Crippen molar-refractivity contribution in [2.45, 2.75) is 27.2 Å². The summed E-state index contributed by atoms with van der Waals surface area (Å²) in [6.07, 6.45) is 1.21. The van der Waals surface area contributed by atoms with Crippen LogP contribution in [0.2, 0.25) is 0 Å². The van der Waals surface area contributed by atoms with Crippen LogP contribution < -0.4 is 4.90 Å². The molecule has 18 heavy (non-hydrogen) atoms. The minimum atomic E-state index is 0.379. The molecule has 1 aliphatic heterocycles. The lowest BCUT2D eigenvalue weighted by molar-refractivity contribution is 0.228. The first-order valence-corrected chi connectivity index (χ1v) is 6.60. The van der Waals surface area contributed by atoms with Crippen LogP contribution in [0.1, 0.15) is 32.9 Å². The van der Waals surface area contributed by atoms with Crippen LogP contribution in [-0.2, 0) is 0 Å². The summed E-state index contributed by atoms with van der Waals surface area (Å²) in [4.78, 5) is 2.28. The third kappa shape index (κ3) is 2.61. The van der Waals surface area contributed by atoms with Gasteiger partial charge in [0, 0.05) is 13.1 Å². The highest BCUT2D eigenvalue weighted by Gasteiger charge is 2.28. The van der Waals surface area contributed by atoms with E-state index in [0.717, 1.165) is 30.7 Å². The second-order valence-electron chi connectivity index (χ2n) is 5.51. The van der Waals surface area contributed by atoms with Gasteiger partial charge in [-0.1, -0.05) is 20.8 Å². The van der Waals surface area contributed by atoms with Crippen molar-refractivity contribution in [1.82, 2.24) is 10.2 Å². The molecule has 0 saturated carbocycles. The van der Waals surface area contributed by atoms with Gasteiger partial charge in [-0.05, 0) is 36.3 Å². The van der Waals surface area contributed by atoms with E-state index in [1.54, 1.807) is 6.07 Å². The standard InChI is InChI=1S/C14H20N4/c1-10(2)13-6-7-18(9-11(13)3)14-5-4-12(8-15)16-17-14/h4-5,10-11,13H,6-7,9H2,1-3H3/t11-,13-/m1/s1. The summed E-state index contributed by atoms with van der Waals surface area (Å²) in [6.45, 7) is 8.99. The molecule has 2 heterocycles. The third-order valence-electron chi connectivity index (χ3n) is 3.92. The van der Waals surface area contributed by atoms with Crippen molar-refractivity contribution in [2.24, 2.45) is 17.8 Å². The van der Waals surface area contributed by atoms with Crippen molar-refractivity contribution in [2.75, 3.05) is 18.0 Å². The average molecular weight is 244 g/mol. The highest BCUT2D eigenvalue weighted by molar-refractivity contribution is 5.39. The van der Waals surface area contributed by atoms with Crippen LogP contribution in [0, 0.1) is 29.1 Å². The van der Waals surface area contributed by atoms with Crippen LogP contribution >= 0.6 is 0 Å². The van der Waals surface area contributed by atoms with Gasteiger partial charge in [-0.25, -0.2) is 0 Å². The molecule has 0 spiro atoms. The summed E-state index contributed by atoms with van der Waals surface area (Å²) in [5, 5.41) is 16.7. The molecule has 0 N–H and O–H groups in total. The van der Waals surface area contributed by atoms with E-state index >= 15 is 0 Å². The summed E-state index contributed by atoms with van der Waals surface area (Å²) < 4.78 is 0. The van der Waals surface area contributed by atoms with Crippen LogP contribution in [0.4, 0.5) is 5.82 Å². The van der Waals surface area contributed by atoms with Gasteiger partial charge in [0.25, 0.3) is 0 Å². The Morgan fingerprint density at radius 2 is 2.17 bits per heavy atom. The second kappa shape index (κ2) is 5.34. The third-order valence-corrected chi connectivity index (χ3v) is 3.92. The van der Waals surface area contributed by atoms with Gasteiger partial charge in [0.2, 0.25) is 0 Å². The lowest BCUT2D eigenvalue weighted by atomic mass is 9.79. The van der Waals surface area contributed by atoms with Crippen molar-refractivity contribution < 1.29 is 0 Å². The lowest BCUT2D eigenvalue weighted by Crippen LogP contribution is -2.41. The summed E-state index contributed by atoms with van der Waals surface area (Å²) in [5.41, 5.74) is 0.379. The minimum Gasteiger partial charge on any atom is -0.355 e. The monoisotopic (exact) mass is 244 g/mol. The van der Waals surface area contributed by atoms with E-state index in [1.807, 2.05) is 12.1 Å². The SMILES string of the molecule is CC(C)[C@H]1CCN(c2ccc(C#N)nn2)C[C@H]1C. The predicted molar refractivity (Wildman–Crippen MR) is 71.1 cm³/mol. The van der Waals surface area contributed by atoms with Gasteiger partial charge in [-0.3, -0.25) is 0 Å². The zero-order chi connectivity index (χ0) is 13.1. The van der Waals surface area contributed by atoms with Gasteiger partial charge in [-0.15, -0.1) is 10.2 Å². The Morgan fingerprint density at radius 1 is 1.39 bits per heavy atom. The fourth-order valence-corrected chi connectivity index (χ4v) is 2.92. The van der Waals surface area contributed by atoms with E-state index in [9.17, 15) is 0 Å². The molecule has 1 aliphatic rings. The largest absolute Gasteiger partial charge is 0.355 e. The Bertz CT molecular complexity index is 432. The van der Waals surface area contributed by atoms with Gasteiger partial charge >= 0.3 is 0 Å². The van der Waals surface area contributed by atoms with Crippen molar-refractivity contribution in [3.8, 4) is 6.07 Å². The Labute approximate surface area is 109 Å². The van der Waals surface area contributed by atoms with Gasteiger partial charge in [0.1, 0.15) is 6.07 Å². The first kappa shape index (κ1) is 12.8. The molecule has 1 fully saturated rings. The number of nitrogens with zero attached hydrogens (tertiary/aromatic N) is 4. The number of nitriles is 1. The van der Waals surface area contributed by atoms with E-state index in [0.29, 0.717) is 11.6 Å². The summed E-state index contributed by atoms with van der Waals surface area (Å²) in [5.74, 6) is 3.11. The molecule has 0 radical (unpaired) electrons. The maximum Gasteiger partial charge on any atom is 0.163 e. The van der Waals surface area contributed by atoms with Gasteiger partial charge in [0.05, 0.1) is 0 Å². The Hall–Kier alpha value is -1.63. The molecule has 2 rings (SSSR count). The Morgan fingerprint density at radius 3 is 2.67 bits per heavy atom. The van der Waals surface area contributed by atoms with Crippen LogP contribution in [0.5, 0.6) is 0 Å². The topological polar surface area (TPSA) is 52.8 Å². The molecule has 0 unspecified atom stereocenters. The molecule has 1 saturated heterocycles. The predicted octanol–water partition coefficient (Wildman–Crippen LogP) is 2.47. The fraction of sp³-hybridized carbons (Fsp3) is 0.643. The van der Waals surface area contributed by atoms with Crippen LogP contribution in [0.3, 0.4) is 0 Å². The smallest absolute Gasteiger partial charge is 0.163 e. The van der Waals surface area contributed by atoms with Crippen molar-refractivity contribution >= 4 is 5.82 Å². The van der Waals surface area contributed by atoms with E-state index in [-0.39, 0.29) is 0 Å². The lowest BCUT2D eigenvalue weighted by Gasteiger charge is -2.39. The maximum absolute atomic E-state index is 8.71. The number of piperidine rings is 1. The average Bonchev–Trinajstić information content (AvgIpc) is 2.38. The summed E-state index contributed by atoms with van der Waals surface area (Å²) >= 11 is 0. The zero-order valence-electron chi connectivity index (χ0n) is 11.3. The molecule has 4 heteroatoms. The highest BCUT2D eigenvalue weighted by Crippen LogP contribution is 2.31. The van der Waals surface area contributed by atoms with E-state index < -0.39 is 0 Å².